The number of aromatic nitrogens is 2. The molecule has 1 heterocycles. The molecule has 0 unspecified atom stereocenters. The van der Waals surface area contributed by atoms with Gasteiger partial charge in [-0.15, -0.1) is 0 Å². The summed E-state index contributed by atoms with van der Waals surface area (Å²) >= 11 is 5.34. The van der Waals surface area contributed by atoms with E-state index in [0.29, 0.717) is 40.9 Å². The minimum atomic E-state index is -0.0868. The molecule has 0 saturated heterocycles. The summed E-state index contributed by atoms with van der Waals surface area (Å²) in [5.74, 6) is 0.106. The van der Waals surface area contributed by atoms with Gasteiger partial charge in [0.05, 0.1) is 10.9 Å². The lowest BCUT2D eigenvalue weighted by atomic mass is 10.1. The molecule has 2 amide bonds. The molecule has 2 aromatic carbocycles. The zero-order chi connectivity index (χ0) is 23.4. The number of hydrogen-bond donors (Lipinski definition) is 3. The van der Waals surface area contributed by atoms with Crippen LogP contribution < -0.4 is 16.2 Å². The van der Waals surface area contributed by atoms with Crippen LogP contribution in [0.5, 0.6) is 0 Å². The maximum atomic E-state index is 12.7. The minimum absolute atomic E-state index is 0.0430. The van der Waals surface area contributed by atoms with Gasteiger partial charge in [0.25, 0.3) is 5.56 Å². The number of rotatable bonds is 9. The van der Waals surface area contributed by atoms with E-state index in [0.717, 1.165) is 36.8 Å². The predicted octanol–water partition coefficient (Wildman–Crippen LogP) is 4.92. The van der Waals surface area contributed by atoms with Crippen LogP contribution in [0.15, 0.2) is 47.3 Å². The minimum Gasteiger partial charge on any atom is -0.332 e. The predicted molar refractivity (Wildman–Crippen MR) is 133 cm³/mol. The topological polar surface area (TPSA) is 96.0 Å². The van der Waals surface area contributed by atoms with Gasteiger partial charge in [0.1, 0.15) is 0 Å². The molecule has 0 spiro atoms. The van der Waals surface area contributed by atoms with Gasteiger partial charge < -0.3 is 15.6 Å². The quantitative estimate of drug-likeness (QED) is 0.309. The van der Waals surface area contributed by atoms with E-state index in [1.807, 2.05) is 37.3 Å². The van der Waals surface area contributed by atoms with Crippen molar-refractivity contribution in [1.29, 1.82) is 0 Å². The van der Waals surface area contributed by atoms with Gasteiger partial charge in [0.2, 0.25) is 11.8 Å². The van der Waals surface area contributed by atoms with E-state index in [1.165, 1.54) is 0 Å². The molecule has 0 radical (unpaired) electrons. The van der Waals surface area contributed by atoms with E-state index >= 15 is 0 Å². The van der Waals surface area contributed by atoms with Gasteiger partial charge in [-0.25, -0.2) is 0 Å². The maximum Gasteiger partial charge on any atom is 0.262 e. The van der Waals surface area contributed by atoms with E-state index < -0.39 is 0 Å². The largest absolute Gasteiger partial charge is 0.332 e. The van der Waals surface area contributed by atoms with Gasteiger partial charge >= 0.3 is 0 Å². The van der Waals surface area contributed by atoms with Crippen molar-refractivity contribution in [2.24, 2.45) is 5.92 Å². The third-order valence-electron chi connectivity index (χ3n) is 5.90. The van der Waals surface area contributed by atoms with Gasteiger partial charge in [-0.3, -0.25) is 19.0 Å². The van der Waals surface area contributed by atoms with Crippen LogP contribution in [0, 0.1) is 17.6 Å². The second-order valence-electron chi connectivity index (χ2n) is 8.58. The highest BCUT2D eigenvalue weighted by Crippen LogP contribution is 2.30. The molecule has 0 aliphatic heterocycles. The SMILES string of the molecule is Cc1ccc(NC(=O)C2CC2)cc1NC(=O)CCCCCn1c(=S)[nH]c2ccccc2c1=O. The first-order chi connectivity index (χ1) is 15.9. The van der Waals surface area contributed by atoms with Crippen LogP contribution in [0.2, 0.25) is 0 Å². The third-order valence-corrected chi connectivity index (χ3v) is 6.22. The number of carbonyl (C=O) groups is 2. The molecule has 1 aliphatic rings. The summed E-state index contributed by atoms with van der Waals surface area (Å²) in [6.07, 6.45) is 4.55. The average Bonchev–Trinajstić information content (AvgIpc) is 3.63. The normalized spacial score (nSPS) is 13.1. The van der Waals surface area contributed by atoms with Crippen LogP contribution in [-0.2, 0) is 16.1 Å². The second kappa shape index (κ2) is 10.1. The van der Waals surface area contributed by atoms with Crippen LogP contribution in [0.4, 0.5) is 11.4 Å². The van der Waals surface area contributed by atoms with E-state index in [1.54, 1.807) is 16.7 Å². The number of fused-ring (bicyclic) bond motifs is 1. The molecular formula is C25H28N4O3S. The number of benzene rings is 2. The Morgan fingerprint density at radius 1 is 1.09 bits per heavy atom. The molecule has 1 saturated carbocycles. The van der Waals surface area contributed by atoms with Gasteiger partial charge in [-0.1, -0.05) is 24.6 Å². The molecule has 1 fully saturated rings. The lowest BCUT2D eigenvalue weighted by Crippen LogP contribution is -2.22. The van der Waals surface area contributed by atoms with Crippen molar-refractivity contribution in [3.05, 3.63) is 63.2 Å². The fraction of sp³-hybridized carbons (Fsp3) is 0.360. The van der Waals surface area contributed by atoms with Gasteiger partial charge in [-0.05, 0) is 74.7 Å². The number of para-hydroxylation sites is 1. The van der Waals surface area contributed by atoms with Crippen LogP contribution in [-0.4, -0.2) is 21.4 Å². The average molecular weight is 465 g/mol. The van der Waals surface area contributed by atoms with Crippen molar-refractivity contribution in [3.8, 4) is 0 Å². The van der Waals surface area contributed by atoms with Crippen LogP contribution in [0.3, 0.4) is 0 Å². The Kier molecular flexibility index (Phi) is 7.03. The number of carbonyl (C=O) groups excluding carboxylic acids is 2. The summed E-state index contributed by atoms with van der Waals surface area (Å²) in [7, 11) is 0. The number of aryl methyl sites for hydroxylation is 1. The van der Waals surface area contributed by atoms with Gasteiger partial charge in [0, 0.05) is 30.3 Å². The Balaban J connectivity index is 1.26. The number of aromatic amines is 1. The lowest BCUT2D eigenvalue weighted by molar-refractivity contribution is -0.117. The van der Waals surface area contributed by atoms with Crippen molar-refractivity contribution < 1.29 is 9.59 Å². The van der Waals surface area contributed by atoms with E-state index in [-0.39, 0.29) is 23.3 Å². The standard InChI is InChI=1S/C25H28N4O3S/c1-16-10-13-18(26-23(31)17-11-12-17)15-21(16)27-22(30)9-3-2-6-14-29-24(32)19-7-4-5-8-20(19)28-25(29)33/h4-5,7-8,10,13,15,17H,2-3,6,9,11-12,14H2,1H3,(H,26,31)(H,27,30)(H,28,33). The third kappa shape index (κ3) is 5.76. The molecule has 4 rings (SSSR count). The Hall–Kier alpha value is -3.26. The summed E-state index contributed by atoms with van der Waals surface area (Å²) in [6, 6.07) is 12.9. The lowest BCUT2D eigenvalue weighted by Gasteiger charge is -2.12. The molecule has 3 N–H and O–H groups in total. The molecule has 0 bridgehead atoms. The Bertz CT molecular complexity index is 1310. The number of nitrogens with zero attached hydrogens (tertiary/aromatic N) is 1. The summed E-state index contributed by atoms with van der Waals surface area (Å²) in [6.45, 7) is 2.44. The smallest absolute Gasteiger partial charge is 0.262 e. The molecule has 172 valence electrons. The second-order valence-corrected chi connectivity index (χ2v) is 8.97. The van der Waals surface area contributed by atoms with Crippen molar-refractivity contribution in [3.63, 3.8) is 0 Å². The fourth-order valence-corrected chi connectivity index (χ4v) is 4.06. The summed E-state index contributed by atoms with van der Waals surface area (Å²) in [5, 5.41) is 6.48. The highest BCUT2D eigenvalue weighted by Gasteiger charge is 2.29. The van der Waals surface area contributed by atoms with E-state index in [2.05, 4.69) is 15.6 Å². The molecule has 7 nitrogen and oxygen atoms in total. The zero-order valence-corrected chi connectivity index (χ0v) is 19.5. The van der Waals surface area contributed by atoms with Crippen molar-refractivity contribution >= 4 is 46.3 Å². The summed E-state index contributed by atoms with van der Waals surface area (Å²) < 4.78 is 2.00. The number of unbranched alkanes of at least 4 members (excludes halogenated alkanes) is 2. The fourth-order valence-electron chi connectivity index (χ4n) is 3.77. The van der Waals surface area contributed by atoms with E-state index in [4.69, 9.17) is 12.2 Å². The molecular weight excluding hydrogens is 436 g/mol. The monoisotopic (exact) mass is 464 g/mol. The number of nitrogens with one attached hydrogen (secondary N) is 3. The molecule has 3 aromatic rings. The van der Waals surface area contributed by atoms with Crippen molar-refractivity contribution in [1.82, 2.24) is 9.55 Å². The first kappa shape index (κ1) is 22.9. The Morgan fingerprint density at radius 3 is 2.67 bits per heavy atom. The zero-order valence-electron chi connectivity index (χ0n) is 18.6. The summed E-state index contributed by atoms with van der Waals surface area (Å²) in [4.78, 5) is 40.2. The number of H-pyrrole nitrogens is 1. The first-order valence-electron chi connectivity index (χ1n) is 11.4. The Morgan fingerprint density at radius 2 is 1.88 bits per heavy atom. The molecule has 1 aliphatic carbocycles. The Labute approximate surface area is 197 Å². The highest BCUT2D eigenvalue weighted by atomic mass is 32.1. The number of amides is 2. The van der Waals surface area contributed by atoms with Crippen molar-refractivity contribution in [2.45, 2.75) is 52.0 Å². The van der Waals surface area contributed by atoms with Gasteiger partial charge in [-0.2, -0.15) is 0 Å². The maximum absolute atomic E-state index is 12.7. The first-order valence-corrected chi connectivity index (χ1v) is 11.8. The van der Waals surface area contributed by atoms with Gasteiger partial charge in [0.15, 0.2) is 4.77 Å². The van der Waals surface area contributed by atoms with Crippen LogP contribution in [0.25, 0.3) is 10.9 Å². The summed E-state index contributed by atoms with van der Waals surface area (Å²) in [5.41, 5.74) is 3.01. The molecule has 1 aromatic heterocycles. The van der Waals surface area contributed by atoms with Crippen LogP contribution in [0.1, 0.15) is 44.1 Å². The van der Waals surface area contributed by atoms with Crippen molar-refractivity contribution in [2.75, 3.05) is 10.6 Å². The molecule has 33 heavy (non-hydrogen) atoms. The number of hydrogen-bond acceptors (Lipinski definition) is 4. The number of anilines is 2. The van der Waals surface area contributed by atoms with Crippen LogP contribution >= 0.6 is 12.2 Å². The van der Waals surface area contributed by atoms with E-state index in [9.17, 15) is 14.4 Å². The molecule has 8 heteroatoms. The molecule has 0 atom stereocenters. The highest BCUT2D eigenvalue weighted by molar-refractivity contribution is 7.71.